The first-order valence-electron chi connectivity index (χ1n) is 22.0. The highest BCUT2D eigenvalue weighted by Gasteiger charge is 2.65. The predicted octanol–water partition coefficient (Wildman–Crippen LogP) is 9.57. The second-order valence-corrected chi connectivity index (χ2v) is 16.4. The smallest absolute Gasteiger partial charge is 0.254 e. The van der Waals surface area contributed by atoms with Crippen LogP contribution in [-0.2, 0) is 9.57 Å². The number of fused-ring (bicyclic) bond motifs is 4. The van der Waals surface area contributed by atoms with E-state index in [0.29, 0.717) is 67.4 Å². The summed E-state index contributed by atoms with van der Waals surface area (Å²) in [6, 6.07) is 25.0. The Morgan fingerprint density at radius 3 is 2.44 bits per heavy atom. The molecule has 0 radical (unpaired) electrons. The Bertz CT molecular complexity index is 2260. The largest absolute Gasteiger partial charge is 0.459 e. The Labute approximate surface area is 358 Å². The molecule has 2 aliphatic heterocycles. The van der Waals surface area contributed by atoms with E-state index in [-0.39, 0.29) is 50.3 Å². The zero-order valence-corrected chi connectivity index (χ0v) is 35.3. The number of aliphatic hydroxyl groups excluding tert-OH is 2. The molecule has 4 aromatic rings. The zero-order valence-electron chi connectivity index (χ0n) is 35.3. The molecular weight excluding hydrogens is 773 g/mol. The van der Waals surface area contributed by atoms with Gasteiger partial charge in [-0.05, 0) is 116 Å². The van der Waals surface area contributed by atoms with Crippen molar-refractivity contribution < 1.29 is 43.5 Å². The maximum atomic E-state index is 15.0. The van der Waals surface area contributed by atoms with Gasteiger partial charge >= 0.3 is 0 Å². The lowest BCUT2D eigenvalue weighted by atomic mass is 9.55. The van der Waals surface area contributed by atoms with Crippen molar-refractivity contribution in [1.29, 1.82) is 0 Å². The van der Waals surface area contributed by atoms with Gasteiger partial charge in [0, 0.05) is 43.2 Å². The number of hydrogen-bond acceptors (Lipinski definition) is 10. The number of aliphatic hydroxyl groups is 2. The molecule has 4 aromatic carbocycles. The molecule has 322 valence electrons. The minimum atomic E-state index is -1.36. The third-order valence-corrected chi connectivity index (χ3v) is 12.6. The highest BCUT2D eigenvalue weighted by atomic mass is 16.7. The van der Waals surface area contributed by atoms with Crippen LogP contribution >= 0.6 is 0 Å². The molecule has 0 aromatic heterocycles. The summed E-state index contributed by atoms with van der Waals surface area (Å²) >= 11 is 0. The first-order chi connectivity index (χ1) is 29.9. The number of allylic oxidation sites excluding steroid dienone is 1. The van der Waals surface area contributed by atoms with Gasteiger partial charge in [0.25, 0.3) is 5.91 Å². The summed E-state index contributed by atoms with van der Waals surface area (Å²) in [5.74, 6) is 1.25. The van der Waals surface area contributed by atoms with Crippen LogP contribution < -0.4 is 18.9 Å². The summed E-state index contributed by atoms with van der Waals surface area (Å²) in [4.78, 5) is 22.8. The van der Waals surface area contributed by atoms with Crippen LogP contribution in [0, 0.1) is 17.8 Å². The van der Waals surface area contributed by atoms with Crippen LogP contribution in [0.3, 0.4) is 0 Å². The van der Waals surface area contributed by atoms with Crippen LogP contribution in [-0.4, -0.2) is 78.3 Å². The number of amides is 1. The van der Waals surface area contributed by atoms with Crippen LogP contribution in [0.5, 0.6) is 28.7 Å². The van der Waals surface area contributed by atoms with Crippen molar-refractivity contribution in [3.63, 3.8) is 0 Å². The first-order valence-corrected chi connectivity index (χ1v) is 22.0. The van der Waals surface area contributed by atoms with E-state index in [1.165, 1.54) is 0 Å². The van der Waals surface area contributed by atoms with Gasteiger partial charge in [-0.3, -0.25) is 4.79 Å². The van der Waals surface area contributed by atoms with Crippen molar-refractivity contribution in [3.8, 4) is 28.7 Å². The minimum Gasteiger partial charge on any atom is -0.459 e. The molecule has 0 bridgehead atoms. The molecule has 11 heteroatoms. The van der Waals surface area contributed by atoms with Crippen molar-refractivity contribution in [2.45, 2.75) is 83.0 Å². The van der Waals surface area contributed by atoms with Gasteiger partial charge in [0.05, 0.1) is 18.2 Å². The van der Waals surface area contributed by atoms with Crippen molar-refractivity contribution in [3.05, 3.63) is 114 Å². The van der Waals surface area contributed by atoms with E-state index in [2.05, 4.69) is 49.9 Å². The Morgan fingerprint density at radius 1 is 0.902 bits per heavy atom. The molecule has 0 spiro atoms. The van der Waals surface area contributed by atoms with E-state index < -0.39 is 17.7 Å². The van der Waals surface area contributed by atoms with Gasteiger partial charge in [-0.25, -0.2) is 0 Å². The molecule has 2 heterocycles. The van der Waals surface area contributed by atoms with E-state index in [4.69, 9.17) is 33.7 Å². The maximum Gasteiger partial charge on any atom is 0.254 e. The van der Waals surface area contributed by atoms with E-state index in [1.54, 1.807) is 24.3 Å². The molecule has 2 N–H and O–H groups in total. The van der Waals surface area contributed by atoms with E-state index in [9.17, 15) is 10.2 Å². The Balaban J connectivity index is 1.31. The topological polar surface area (TPSA) is 129 Å². The average Bonchev–Trinajstić information content (AvgIpc) is 3.76. The first kappa shape index (κ1) is 42.3. The highest BCUT2D eigenvalue weighted by Crippen LogP contribution is 2.62. The number of nitrogens with zero attached hydrogens (tertiary/aromatic N) is 2. The van der Waals surface area contributed by atoms with Gasteiger partial charge in [0.15, 0.2) is 11.5 Å². The fraction of sp³-hybridized carbons (Fsp3) is 0.440. The summed E-state index contributed by atoms with van der Waals surface area (Å²) < 4.78 is 32.5. The number of benzene rings is 4. The number of rotatable bonds is 19. The molecule has 4 aliphatic rings. The summed E-state index contributed by atoms with van der Waals surface area (Å²) in [6.07, 6.45) is 9.82. The van der Waals surface area contributed by atoms with Crippen molar-refractivity contribution >= 4 is 22.4 Å². The molecule has 11 nitrogen and oxygen atoms in total. The summed E-state index contributed by atoms with van der Waals surface area (Å²) in [6.45, 7) is 9.34. The van der Waals surface area contributed by atoms with Gasteiger partial charge < -0.3 is 43.6 Å². The molecular formula is C50H58N2O9. The van der Waals surface area contributed by atoms with Crippen LogP contribution in [0.2, 0.25) is 0 Å². The molecule has 1 fully saturated rings. The third-order valence-electron chi connectivity index (χ3n) is 12.6. The number of unbranched alkanes of at least 4 members (excludes halogenated alkanes) is 2. The van der Waals surface area contributed by atoms with E-state index in [1.807, 2.05) is 42.2 Å². The molecule has 0 saturated heterocycles. The molecule has 1 amide bonds. The van der Waals surface area contributed by atoms with E-state index in [0.717, 1.165) is 59.1 Å². The SMILES string of the molecule is C=CCO[C@@]12Oc3ccc(Oc4ccc5ccccc5c4)cc3[C@H]3[C@H](CCCCO)[C@@H](CCCCO)C=C(C(=NOCC)C[C@@H]1N(CCC)C(=O)c1ccc4c(c1)OCO4)[C@H]32. The second-order valence-electron chi connectivity index (χ2n) is 16.4. The van der Waals surface area contributed by atoms with Crippen molar-refractivity contribution in [1.82, 2.24) is 4.90 Å². The summed E-state index contributed by atoms with van der Waals surface area (Å²) in [7, 11) is 0. The summed E-state index contributed by atoms with van der Waals surface area (Å²) in [5, 5.41) is 26.9. The zero-order chi connectivity index (χ0) is 42.3. The number of carbonyl (C=O) groups is 1. The highest BCUT2D eigenvalue weighted by molar-refractivity contribution is 6.03. The number of oxime groups is 1. The van der Waals surface area contributed by atoms with Crippen molar-refractivity contribution in [2.24, 2.45) is 22.9 Å². The lowest BCUT2D eigenvalue weighted by Gasteiger charge is -2.60. The van der Waals surface area contributed by atoms with Gasteiger partial charge in [-0.15, -0.1) is 6.58 Å². The van der Waals surface area contributed by atoms with Crippen molar-refractivity contribution in [2.75, 3.05) is 39.8 Å². The Kier molecular flexibility index (Phi) is 13.3. The molecule has 1 saturated carbocycles. The Hall–Kier alpha value is -5.36. The van der Waals surface area contributed by atoms with E-state index >= 15 is 4.79 Å². The van der Waals surface area contributed by atoms with Gasteiger partial charge in [-0.1, -0.05) is 67.4 Å². The minimum absolute atomic E-state index is 0.0838. The normalized spacial score (nSPS) is 24.0. The molecule has 2 aliphatic carbocycles. The van der Waals surface area contributed by atoms with Gasteiger partial charge in [-0.2, -0.15) is 0 Å². The number of hydrogen-bond donors (Lipinski definition) is 2. The molecule has 6 atom stereocenters. The lowest BCUT2D eigenvalue weighted by Crippen LogP contribution is -2.70. The van der Waals surface area contributed by atoms with Crippen LogP contribution in [0.25, 0.3) is 10.8 Å². The molecule has 0 unspecified atom stereocenters. The maximum absolute atomic E-state index is 15.0. The van der Waals surface area contributed by atoms with Gasteiger partial charge in [0.2, 0.25) is 12.6 Å². The van der Waals surface area contributed by atoms with Crippen LogP contribution in [0.4, 0.5) is 0 Å². The molecule has 8 rings (SSSR count). The predicted molar refractivity (Wildman–Crippen MR) is 234 cm³/mol. The fourth-order valence-corrected chi connectivity index (χ4v) is 10.1. The van der Waals surface area contributed by atoms with Crippen LogP contribution in [0.1, 0.15) is 87.1 Å². The summed E-state index contributed by atoms with van der Waals surface area (Å²) in [5.41, 5.74) is 3.22. The monoisotopic (exact) mass is 830 g/mol. The van der Waals surface area contributed by atoms with Gasteiger partial charge in [0.1, 0.15) is 29.9 Å². The number of ether oxygens (including phenoxy) is 5. The molecule has 61 heavy (non-hydrogen) atoms. The number of carbonyl (C=O) groups excluding carboxylic acids is 1. The van der Waals surface area contributed by atoms with Crippen LogP contribution in [0.15, 0.2) is 108 Å². The third kappa shape index (κ3) is 8.48. The average molecular weight is 831 g/mol. The second kappa shape index (κ2) is 19.1. The standard InChI is InChI=1S/C50H58N2O9/c1-4-23-52(49(55)36-18-21-44-45(29-36)57-32-56-44)46-31-42(51-59-6-3)40-28-35(15-9-11-24-53)39(16-10-12-25-54)47-41-30-38(60-37-19-17-33-13-7-8-14-34(33)27-37)20-22-43(41)61-50(46,48(40)47)58-26-5-2/h5,7-8,13-14,17-22,27-30,35,39,46-48,53-54H,2,4,6,9-12,15-16,23-26,31-32H2,1,3H3/t35-,39+,46-,47+,48+,50+/m0/s1. The Morgan fingerprint density at radius 2 is 1.66 bits per heavy atom. The quantitative estimate of drug-likeness (QED) is 0.0540. The lowest BCUT2D eigenvalue weighted by molar-refractivity contribution is -0.254. The fourth-order valence-electron chi connectivity index (χ4n) is 10.1.